The van der Waals surface area contributed by atoms with E-state index in [1.54, 1.807) is 19.1 Å². The van der Waals surface area contributed by atoms with Gasteiger partial charge in [0, 0.05) is 23.4 Å². The van der Waals surface area contributed by atoms with Crippen LogP contribution in [-0.2, 0) is 27.4 Å². The zero-order chi connectivity index (χ0) is 25.9. The van der Waals surface area contributed by atoms with Crippen molar-refractivity contribution in [2.45, 2.75) is 46.5 Å². The first kappa shape index (κ1) is 25.2. The highest BCUT2D eigenvalue weighted by atomic mass is 16.6. The highest BCUT2D eigenvalue weighted by molar-refractivity contribution is 6.15. The van der Waals surface area contributed by atoms with E-state index in [-0.39, 0.29) is 18.9 Å². The highest BCUT2D eigenvalue weighted by Crippen LogP contribution is 2.36. The topological polar surface area (TPSA) is 88.9 Å². The molecule has 0 saturated heterocycles. The summed E-state index contributed by atoms with van der Waals surface area (Å²) < 4.78 is 23.9. The number of carbonyl (C=O) groups is 2. The number of benzene rings is 2. The number of nitrogens with zero attached hydrogens (tertiary/aromatic N) is 2. The van der Waals surface area contributed by atoms with E-state index in [4.69, 9.17) is 18.9 Å². The van der Waals surface area contributed by atoms with Gasteiger partial charge in [0.25, 0.3) is 0 Å². The molecule has 0 amide bonds. The maximum absolute atomic E-state index is 13.3. The lowest BCUT2D eigenvalue weighted by Gasteiger charge is -2.20. The van der Waals surface area contributed by atoms with Crippen LogP contribution in [0, 0.1) is 0 Å². The Balaban J connectivity index is 1.93. The molecule has 36 heavy (non-hydrogen) atoms. The normalized spacial score (nSPS) is 11.6. The summed E-state index contributed by atoms with van der Waals surface area (Å²) in [6.45, 7) is 7.85. The van der Waals surface area contributed by atoms with Crippen molar-refractivity contribution in [2.24, 2.45) is 0 Å². The molecule has 0 aliphatic carbocycles. The zero-order valence-electron chi connectivity index (χ0n) is 21.2. The summed E-state index contributed by atoms with van der Waals surface area (Å²) in [5.41, 5.74) is 2.10. The third-order valence-electron chi connectivity index (χ3n) is 5.46. The molecule has 2 heterocycles. The van der Waals surface area contributed by atoms with Gasteiger partial charge in [0.15, 0.2) is 5.69 Å². The van der Waals surface area contributed by atoms with Gasteiger partial charge in [-0.1, -0.05) is 30.3 Å². The Morgan fingerprint density at radius 3 is 2.42 bits per heavy atom. The van der Waals surface area contributed by atoms with Gasteiger partial charge >= 0.3 is 12.1 Å². The number of hydrogen-bond donors (Lipinski definition) is 0. The molecule has 2 aromatic carbocycles. The van der Waals surface area contributed by atoms with Gasteiger partial charge in [0.05, 0.1) is 30.4 Å². The van der Waals surface area contributed by atoms with Crippen molar-refractivity contribution in [3.63, 3.8) is 0 Å². The molecule has 0 unspecified atom stereocenters. The van der Waals surface area contributed by atoms with Crippen molar-refractivity contribution >= 4 is 33.9 Å². The van der Waals surface area contributed by atoms with Gasteiger partial charge in [-0.25, -0.2) is 19.1 Å². The Bertz CT molecular complexity index is 1400. The van der Waals surface area contributed by atoms with Crippen LogP contribution in [0.5, 0.6) is 5.75 Å². The molecule has 8 heteroatoms. The van der Waals surface area contributed by atoms with E-state index in [1.165, 1.54) is 17.9 Å². The molecular weight excluding hydrogens is 460 g/mol. The molecule has 0 bridgehead atoms. The van der Waals surface area contributed by atoms with Crippen molar-refractivity contribution < 1.29 is 28.5 Å². The van der Waals surface area contributed by atoms with Gasteiger partial charge in [-0.3, -0.25) is 0 Å². The maximum atomic E-state index is 13.3. The lowest BCUT2D eigenvalue weighted by molar-refractivity contribution is 0.0513. The SMILES string of the molecule is CCOC(=O)c1ncc2c(c1COC)c1cc(OCc3ccccc3)ccc1n2C(=O)OC(C)(C)C. The van der Waals surface area contributed by atoms with Crippen molar-refractivity contribution in [1.29, 1.82) is 0 Å². The summed E-state index contributed by atoms with van der Waals surface area (Å²) in [7, 11) is 1.54. The maximum Gasteiger partial charge on any atom is 0.419 e. The summed E-state index contributed by atoms with van der Waals surface area (Å²) >= 11 is 0. The smallest absolute Gasteiger partial charge is 0.419 e. The van der Waals surface area contributed by atoms with Gasteiger partial charge in [0.2, 0.25) is 0 Å². The van der Waals surface area contributed by atoms with Gasteiger partial charge in [0.1, 0.15) is 18.0 Å². The first-order valence-electron chi connectivity index (χ1n) is 11.8. The number of hydrogen-bond acceptors (Lipinski definition) is 7. The molecule has 0 saturated carbocycles. The second-order valence-corrected chi connectivity index (χ2v) is 9.27. The number of rotatable bonds is 7. The Hall–Kier alpha value is -3.91. The summed E-state index contributed by atoms with van der Waals surface area (Å²) in [6, 6.07) is 15.3. The number of methoxy groups -OCH3 is 1. The quantitative estimate of drug-likeness (QED) is 0.299. The molecule has 0 aliphatic rings. The van der Waals surface area contributed by atoms with Crippen LogP contribution >= 0.6 is 0 Å². The minimum Gasteiger partial charge on any atom is -0.489 e. The highest BCUT2D eigenvalue weighted by Gasteiger charge is 2.27. The molecule has 4 aromatic rings. The molecule has 0 radical (unpaired) electrons. The van der Waals surface area contributed by atoms with Crippen molar-refractivity contribution in [3.05, 3.63) is 71.5 Å². The van der Waals surface area contributed by atoms with Crippen LogP contribution in [0.2, 0.25) is 0 Å². The van der Waals surface area contributed by atoms with E-state index in [0.29, 0.717) is 39.7 Å². The van der Waals surface area contributed by atoms with Gasteiger partial charge in [-0.15, -0.1) is 0 Å². The Kier molecular flexibility index (Phi) is 7.26. The monoisotopic (exact) mass is 490 g/mol. The fraction of sp³-hybridized carbons (Fsp3) is 0.321. The predicted octanol–water partition coefficient (Wildman–Crippen LogP) is 5.87. The summed E-state index contributed by atoms with van der Waals surface area (Å²) in [5, 5.41) is 1.36. The van der Waals surface area contributed by atoms with Crippen LogP contribution in [0.1, 0.15) is 49.3 Å². The second kappa shape index (κ2) is 10.4. The fourth-order valence-corrected chi connectivity index (χ4v) is 4.05. The Morgan fingerprint density at radius 1 is 1.00 bits per heavy atom. The lowest BCUT2D eigenvalue weighted by atomic mass is 10.1. The van der Waals surface area contributed by atoms with Gasteiger partial charge in [-0.05, 0) is 51.5 Å². The molecule has 0 spiro atoms. The van der Waals surface area contributed by atoms with Crippen LogP contribution in [0.3, 0.4) is 0 Å². The predicted molar refractivity (Wildman–Crippen MR) is 136 cm³/mol. The van der Waals surface area contributed by atoms with Crippen molar-refractivity contribution in [2.75, 3.05) is 13.7 Å². The van der Waals surface area contributed by atoms with Crippen LogP contribution in [0.25, 0.3) is 21.8 Å². The van der Waals surface area contributed by atoms with Crippen LogP contribution in [-0.4, -0.2) is 40.9 Å². The van der Waals surface area contributed by atoms with E-state index in [2.05, 4.69) is 4.98 Å². The van der Waals surface area contributed by atoms with Crippen molar-refractivity contribution in [1.82, 2.24) is 9.55 Å². The summed E-state index contributed by atoms with van der Waals surface area (Å²) in [5.74, 6) is 0.0635. The zero-order valence-corrected chi connectivity index (χ0v) is 21.2. The minimum absolute atomic E-state index is 0.0982. The number of ether oxygens (including phenoxy) is 4. The molecule has 8 nitrogen and oxygen atoms in total. The van der Waals surface area contributed by atoms with Crippen LogP contribution in [0.15, 0.2) is 54.7 Å². The van der Waals surface area contributed by atoms with Crippen molar-refractivity contribution in [3.8, 4) is 5.75 Å². The molecule has 0 atom stereocenters. The molecule has 0 aliphatic heterocycles. The number of pyridine rings is 1. The average Bonchev–Trinajstić information content (AvgIpc) is 3.17. The number of carbonyl (C=O) groups excluding carboxylic acids is 2. The Morgan fingerprint density at radius 2 is 1.75 bits per heavy atom. The standard InChI is InChI=1S/C28H30N2O6/c1-6-34-26(31)25-21(17-33-5)24-20-14-19(35-16-18-10-8-7-9-11-18)12-13-22(20)30(23(24)15-29-25)27(32)36-28(2,3)4/h7-15H,6,16-17H2,1-5H3. The van der Waals surface area contributed by atoms with Gasteiger partial charge in [-0.2, -0.15) is 0 Å². The van der Waals surface area contributed by atoms with E-state index in [1.807, 2.05) is 57.2 Å². The fourth-order valence-electron chi connectivity index (χ4n) is 4.05. The summed E-state index contributed by atoms with van der Waals surface area (Å²) in [4.78, 5) is 30.4. The number of aromatic nitrogens is 2. The molecule has 188 valence electrons. The molecule has 2 aromatic heterocycles. The Labute approximate surface area is 209 Å². The third kappa shape index (κ3) is 5.18. The van der Waals surface area contributed by atoms with Crippen LogP contribution in [0.4, 0.5) is 4.79 Å². The third-order valence-corrected chi connectivity index (χ3v) is 5.46. The molecule has 0 N–H and O–H groups in total. The van der Waals surface area contributed by atoms with E-state index < -0.39 is 17.7 Å². The van der Waals surface area contributed by atoms with E-state index >= 15 is 0 Å². The first-order valence-corrected chi connectivity index (χ1v) is 11.8. The largest absolute Gasteiger partial charge is 0.489 e. The van der Waals surface area contributed by atoms with Crippen LogP contribution < -0.4 is 4.74 Å². The van der Waals surface area contributed by atoms with Gasteiger partial charge < -0.3 is 18.9 Å². The second-order valence-electron chi connectivity index (χ2n) is 9.27. The van der Waals surface area contributed by atoms with E-state index in [9.17, 15) is 9.59 Å². The molecular formula is C28H30N2O6. The number of esters is 1. The lowest BCUT2D eigenvalue weighted by Crippen LogP contribution is -2.27. The number of fused-ring (bicyclic) bond motifs is 3. The van der Waals surface area contributed by atoms with E-state index in [0.717, 1.165) is 5.56 Å². The molecule has 0 fully saturated rings. The minimum atomic E-state index is -0.702. The first-order chi connectivity index (χ1) is 17.2. The summed E-state index contributed by atoms with van der Waals surface area (Å²) in [6.07, 6.45) is 0.948. The average molecular weight is 491 g/mol. The molecule has 4 rings (SSSR count).